The van der Waals surface area contributed by atoms with E-state index < -0.39 is 0 Å². The molecule has 118 valence electrons. The third-order valence-corrected chi connectivity index (χ3v) is 3.54. The van der Waals surface area contributed by atoms with Gasteiger partial charge in [0.25, 0.3) is 0 Å². The molecule has 0 unspecified atom stereocenters. The molecule has 0 radical (unpaired) electrons. The van der Waals surface area contributed by atoms with E-state index in [0.29, 0.717) is 11.5 Å². The molecule has 0 atom stereocenters. The van der Waals surface area contributed by atoms with Gasteiger partial charge in [0.15, 0.2) is 11.5 Å². The first-order valence-electron chi connectivity index (χ1n) is 7.13. The number of rotatable bonds is 5. The summed E-state index contributed by atoms with van der Waals surface area (Å²) in [6, 6.07) is 11.0. The second-order valence-electron chi connectivity index (χ2n) is 5.09. The van der Waals surface area contributed by atoms with Gasteiger partial charge in [0.05, 0.1) is 32.4 Å². The van der Waals surface area contributed by atoms with Crippen molar-refractivity contribution in [2.24, 2.45) is 0 Å². The zero-order valence-corrected chi connectivity index (χ0v) is 12.9. The number of benzene rings is 2. The van der Waals surface area contributed by atoms with Crippen LogP contribution in [0, 0.1) is 0 Å². The first-order chi connectivity index (χ1) is 11.2. The molecule has 2 N–H and O–H groups in total. The number of nitrogens with one attached hydrogen (secondary N) is 2. The van der Waals surface area contributed by atoms with E-state index >= 15 is 0 Å². The van der Waals surface area contributed by atoms with Gasteiger partial charge in [0.2, 0.25) is 5.91 Å². The van der Waals surface area contributed by atoms with Crippen molar-refractivity contribution in [3.05, 3.63) is 48.2 Å². The second kappa shape index (κ2) is 6.39. The normalized spacial score (nSPS) is 10.5. The first kappa shape index (κ1) is 14.9. The van der Waals surface area contributed by atoms with Crippen molar-refractivity contribution < 1.29 is 14.3 Å². The minimum absolute atomic E-state index is 0.0972. The van der Waals surface area contributed by atoms with Crippen LogP contribution in [0.3, 0.4) is 0 Å². The van der Waals surface area contributed by atoms with Crippen LogP contribution in [0.5, 0.6) is 11.5 Å². The summed E-state index contributed by atoms with van der Waals surface area (Å²) in [5, 5.41) is 10.7. The van der Waals surface area contributed by atoms with Crippen LogP contribution in [0.1, 0.15) is 5.56 Å². The number of amides is 1. The average Bonchev–Trinajstić information content (AvgIpc) is 3.02. The summed E-state index contributed by atoms with van der Waals surface area (Å²) in [6.07, 6.45) is 1.98. The predicted octanol–water partition coefficient (Wildman–Crippen LogP) is 2.76. The van der Waals surface area contributed by atoms with Crippen molar-refractivity contribution in [1.29, 1.82) is 0 Å². The fraction of sp³-hybridized carbons (Fsp3) is 0.176. The number of aromatic nitrogens is 2. The molecule has 0 bridgehead atoms. The lowest BCUT2D eigenvalue weighted by molar-refractivity contribution is -0.115. The van der Waals surface area contributed by atoms with Gasteiger partial charge in [-0.2, -0.15) is 5.10 Å². The van der Waals surface area contributed by atoms with Crippen LogP contribution in [0.25, 0.3) is 10.9 Å². The Morgan fingerprint density at radius 2 is 1.96 bits per heavy atom. The van der Waals surface area contributed by atoms with Gasteiger partial charge in [0, 0.05) is 11.1 Å². The Kier molecular flexibility index (Phi) is 4.14. The van der Waals surface area contributed by atoms with Gasteiger partial charge in [-0.3, -0.25) is 9.89 Å². The zero-order chi connectivity index (χ0) is 16.2. The molecule has 0 aliphatic heterocycles. The maximum atomic E-state index is 12.2. The topological polar surface area (TPSA) is 76.2 Å². The number of anilines is 1. The molecule has 0 aliphatic carbocycles. The lowest BCUT2D eigenvalue weighted by Crippen LogP contribution is -2.14. The van der Waals surface area contributed by atoms with Gasteiger partial charge < -0.3 is 14.8 Å². The molecule has 2 aromatic carbocycles. The van der Waals surface area contributed by atoms with Crippen molar-refractivity contribution >= 4 is 22.5 Å². The van der Waals surface area contributed by atoms with Gasteiger partial charge in [-0.1, -0.05) is 6.07 Å². The molecule has 3 rings (SSSR count). The number of carbonyl (C=O) groups excluding carboxylic acids is 1. The third-order valence-electron chi connectivity index (χ3n) is 3.54. The minimum Gasteiger partial charge on any atom is -0.493 e. The third kappa shape index (κ3) is 3.26. The number of ether oxygens (including phenoxy) is 2. The summed E-state index contributed by atoms with van der Waals surface area (Å²) in [5.74, 6) is 1.15. The van der Waals surface area contributed by atoms with Crippen LogP contribution < -0.4 is 14.8 Å². The summed E-state index contributed by atoms with van der Waals surface area (Å²) >= 11 is 0. The molecule has 6 heteroatoms. The van der Waals surface area contributed by atoms with Crippen LogP contribution in [0.2, 0.25) is 0 Å². The van der Waals surface area contributed by atoms with Crippen LogP contribution >= 0.6 is 0 Å². The number of nitrogens with zero attached hydrogens (tertiary/aromatic N) is 1. The number of fused-ring (bicyclic) bond motifs is 1. The Morgan fingerprint density at radius 1 is 1.13 bits per heavy atom. The molecular formula is C17H17N3O3. The lowest BCUT2D eigenvalue weighted by Gasteiger charge is -2.10. The number of hydrogen-bond donors (Lipinski definition) is 2. The van der Waals surface area contributed by atoms with E-state index in [9.17, 15) is 4.79 Å². The fourth-order valence-corrected chi connectivity index (χ4v) is 2.40. The van der Waals surface area contributed by atoms with E-state index in [2.05, 4.69) is 15.5 Å². The van der Waals surface area contributed by atoms with Crippen molar-refractivity contribution in [2.75, 3.05) is 19.5 Å². The average molecular weight is 311 g/mol. The predicted molar refractivity (Wildman–Crippen MR) is 88.0 cm³/mol. The maximum Gasteiger partial charge on any atom is 0.228 e. The monoisotopic (exact) mass is 311 g/mol. The molecular weight excluding hydrogens is 294 g/mol. The molecule has 6 nitrogen and oxygen atoms in total. The van der Waals surface area contributed by atoms with E-state index in [1.807, 2.05) is 24.3 Å². The molecule has 0 saturated heterocycles. The lowest BCUT2D eigenvalue weighted by atomic mass is 10.1. The minimum atomic E-state index is -0.0972. The summed E-state index contributed by atoms with van der Waals surface area (Å²) in [7, 11) is 3.15. The van der Waals surface area contributed by atoms with Crippen LogP contribution in [0.4, 0.5) is 5.69 Å². The maximum absolute atomic E-state index is 12.2. The van der Waals surface area contributed by atoms with Crippen molar-refractivity contribution in [2.45, 2.75) is 6.42 Å². The number of hydrogen-bond acceptors (Lipinski definition) is 4. The Balaban J connectivity index is 1.71. The van der Waals surface area contributed by atoms with E-state index in [0.717, 1.165) is 22.2 Å². The summed E-state index contributed by atoms with van der Waals surface area (Å²) in [6.45, 7) is 0. The molecule has 23 heavy (non-hydrogen) atoms. The van der Waals surface area contributed by atoms with Crippen molar-refractivity contribution in [1.82, 2.24) is 10.2 Å². The molecule has 0 aliphatic rings. The largest absolute Gasteiger partial charge is 0.493 e. The smallest absolute Gasteiger partial charge is 0.228 e. The standard InChI is InChI=1S/C17H17N3O3/c1-22-15-6-3-11(7-16(15)23-2)8-17(21)19-13-4-5-14-12(9-13)10-18-20-14/h3-7,9-10H,8H2,1-2H3,(H,18,20)(H,19,21). The van der Waals surface area contributed by atoms with Gasteiger partial charge in [-0.15, -0.1) is 0 Å². The zero-order valence-electron chi connectivity index (χ0n) is 12.9. The Labute approximate surface area is 133 Å². The van der Waals surface area contributed by atoms with Crippen LogP contribution in [-0.2, 0) is 11.2 Å². The quantitative estimate of drug-likeness (QED) is 0.759. The Hall–Kier alpha value is -3.02. The highest BCUT2D eigenvalue weighted by molar-refractivity contribution is 5.94. The van der Waals surface area contributed by atoms with Crippen LogP contribution in [-0.4, -0.2) is 30.3 Å². The van der Waals surface area contributed by atoms with Gasteiger partial charge >= 0.3 is 0 Å². The molecule has 1 amide bonds. The summed E-state index contributed by atoms with van der Waals surface area (Å²) in [4.78, 5) is 12.2. The molecule has 3 aromatic rings. The van der Waals surface area contributed by atoms with Gasteiger partial charge in [-0.25, -0.2) is 0 Å². The van der Waals surface area contributed by atoms with E-state index in [1.165, 1.54) is 0 Å². The molecule has 0 spiro atoms. The van der Waals surface area contributed by atoms with E-state index in [4.69, 9.17) is 9.47 Å². The highest BCUT2D eigenvalue weighted by atomic mass is 16.5. The number of H-pyrrole nitrogens is 1. The molecule has 1 aromatic heterocycles. The van der Waals surface area contributed by atoms with Crippen molar-refractivity contribution in [3.63, 3.8) is 0 Å². The van der Waals surface area contributed by atoms with Gasteiger partial charge in [-0.05, 0) is 35.9 Å². The number of aromatic amines is 1. The summed E-state index contributed by atoms with van der Waals surface area (Å²) in [5.41, 5.74) is 2.52. The fourth-order valence-electron chi connectivity index (χ4n) is 2.40. The van der Waals surface area contributed by atoms with Crippen LogP contribution in [0.15, 0.2) is 42.6 Å². The highest BCUT2D eigenvalue weighted by Gasteiger charge is 2.09. The first-order valence-corrected chi connectivity index (χ1v) is 7.13. The van der Waals surface area contributed by atoms with Gasteiger partial charge in [0.1, 0.15) is 0 Å². The Morgan fingerprint density at radius 3 is 2.74 bits per heavy atom. The second-order valence-corrected chi connectivity index (χ2v) is 5.09. The SMILES string of the molecule is COc1ccc(CC(=O)Nc2ccc3[nH]ncc3c2)cc1OC. The number of carbonyl (C=O) groups is 1. The van der Waals surface area contributed by atoms with E-state index in [-0.39, 0.29) is 12.3 Å². The molecule has 0 saturated carbocycles. The highest BCUT2D eigenvalue weighted by Crippen LogP contribution is 2.27. The van der Waals surface area contributed by atoms with E-state index in [1.54, 1.807) is 32.5 Å². The molecule has 1 heterocycles. The Bertz CT molecular complexity index is 842. The number of methoxy groups -OCH3 is 2. The van der Waals surface area contributed by atoms with Crippen molar-refractivity contribution in [3.8, 4) is 11.5 Å². The summed E-state index contributed by atoms with van der Waals surface area (Å²) < 4.78 is 10.4. The molecule has 0 fully saturated rings.